The van der Waals surface area contributed by atoms with E-state index in [1.165, 1.54) is 19.8 Å². The Bertz CT molecular complexity index is 77.8. The lowest BCUT2D eigenvalue weighted by atomic mass is 11.2. The zero-order valence-electron chi connectivity index (χ0n) is 4.46. The first-order valence-corrected chi connectivity index (χ1v) is 1.87. The van der Waals surface area contributed by atoms with E-state index in [0.29, 0.717) is 0 Å². The molecule has 0 spiro atoms. The maximum Gasteiger partial charge on any atom is 0.175 e. The molecule has 0 aromatic carbocycles. The molecule has 0 rings (SSSR count). The van der Waals surface area contributed by atoms with Gasteiger partial charge in [-0.05, 0) is 0 Å². The Morgan fingerprint density at radius 1 is 1.57 bits per heavy atom. The molecule has 0 amide bonds. The Morgan fingerprint density at radius 2 is 2.29 bits per heavy atom. The Morgan fingerprint density at radius 3 is 2.71 bits per heavy atom. The summed E-state index contributed by atoms with van der Waals surface area (Å²) in [6.45, 7) is 0. The minimum Gasteiger partial charge on any atom is -0.486 e. The van der Waals surface area contributed by atoms with Gasteiger partial charge in [0.05, 0.1) is 7.11 Å². The third-order valence-corrected chi connectivity index (χ3v) is 0.348. The largest absolute Gasteiger partial charge is 0.486 e. The van der Waals surface area contributed by atoms with Gasteiger partial charge >= 0.3 is 0 Å². The smallest absolute Gasteiger partial charge is 0.175 e. The summed E-state index contributed by atoms with van der Waals surface area (Å²) in [6.07, 6.45) is 2.72. The van der Waals surface area contributed by atoms with Crippen LogP contribution in [-0.2, 0) is 4.74 Å². The molecule has 7 heavy (non-hydrogen) atoms. The van der Waals surface area contributed by atoms with Gasteiger partial charge in [-0.3, -0.25) is 4.99 Å². The molecular weight excluding hydrogens is 92.1 g/mol. The van der Waals surface area contributed by atoms with Crippen molar-refractivity contribution in [2.24, 2.45) is 9.98 Å². The van der Waals surface area contributed by atoms with Gasteiger partial charge in [-0.1, -0.05) is 0 Å². The Labute approximate surface area is 42.7 Å². The summed E-state index contributed by atoms with van der Waals surface area (Å²) in [7, 11) is 3.18. The van der Waals surface area contributed by atoms with Gasteiger partial charge in [-0.2, -0.15) is 0 Å². The van der Waals surface area contributed by atoms with Crippen molar-refractivity contribution in [2.45, 2.75) is 0 Å². The van der Waals surface area contributed by atoms with Crippen LogP contribution < -0.4 is 0 Å². The maximum absolute atomic E-state index is 4.46. The molecule has 0 N–H and O–H groups in total. The molecule has 0 aliphatic carbocycles. The Hall–Kier alpha value is -0.860. The topological polar surface area (TPSA) is 34.0 Å². The standard InChI is InChI=1S/C4H8N2O/c1-5-3-6-4-7-2/h3-4H,1-2H3/b5-3-,6-4+. The first-order chi connectivity index (χ1) is 3.41. The lowest BCUT2D eigenvalue weighted by molar-refractivity contribution is 0.424. The molecule has 40 valence electrons. The van der Waals surface area contributed by atoms with Crippen LogP contribution in [0.15, 0.2) is 9.98 Å². The summed E-state index contributed by atoms with van der Waals surface area (Å²) in [4.78, 5) is 7.14. The van der Waals surface area contributed by atoms with Crippen LogP contribution in [-0.4, -0.2) is 26.9 Å². The molecule has 0 atom stereocenters. The van der Waals surface area contributed by atoms with Crippen molar-refractivity contribution in [3.05, 3.63) is 0 Å². The van der Waals surface area contributed by atoms with Gasteiger partial charge in [0.1, 0.15) is 6.34 Å². The van der Waals surface area contributed by atoms with E-state index >= 15 is 0 Å². The molecule has 0 saturated heterocycles. The lowest BCUT2D eigenvalue weighted by Gasteiger charge is -1.77. The molecule has 3 nitrogen and oxygen atoms in total. The molecule has 3 heteroatoms. The molecule has 0 bridgehead atoms. The number of aliphatic imine (C=N–C) groups is 2. The molecule has 0 aromatic heterocycles. The van der Waals surface area contributed by atoms with Crippen molar-refractivity contribution in [1.82, 2.24) is 0 Å². The first-order valence-electron chi connectivity index (χ1n) is 1.87. The van der Waals surface area contributed by atoms with Crippen molar-refractivity contribution >= 4 is 12.7 Å². The lowest BCUT2D eigenvalue weighted by Crippen LogP contribution is -1.75. The predicted molar refractivity (Wildman–Crippen MR) is 29.9 cm³/mol. The summed E-state index contributed by atoms with van der Waals surface area (Å²) in [6, 6.07) is 0. The minimum absolute atomic E-state index is 1.31. The number of ether oxygens (including phenoxy) is 1. The fourth-order valence-corrected chi connectivity index (χ4v) is 0.155. The summed E-state index contributed by atoms with van der Waals surface area (Å²) in [5, 5.41) is 0. The highest BCUT2D eigenvalue weighted by atomic mass is 16.5. The Balaban J connectivity index is 3.09. The Kier molecular flexibility index (Phi) is 4.51. The molecule has 0 aromatic rings. The van der Waals surface area contributed by atoms with E-state index < -0.39 is 0 Å². The second-order valence-electron chi connectivity index (χ2n) is 0.864. The van der Waals surface area contributed by atoms with Crippen molar-refractivity contribution < 1.29 is 4.74 Å². The van der Waals surface area contributed by atoms with E-state index in [9.17, 15) is 0 Å². The van der Waals surface area contributed by atoms with E-state index in [4.69, 9.17) is 0 Å². The summed E-state index contributed by atoms with van der Waals surface area (Å²) in [5.74, 6) is 0. The highest BCUT2D eigenvalue weighted by molar-refractivity contribution is 5.67. The molecule has 0 saturated carbocycles. The van der Waals surface area contributed by atoms with Crippen LogP contribution in [0.2, 0.25) is 0 Å². The third-order valence-electron chi connectivity index (χ3n) is 0.348. The zero-order valence-corrected chi connectivity index (χ0v) is 4.46. The summed E-state index contributed by atoms with van der Waals surface area (Å²) < 4.78 is 4.46. The van der Waals surface area contributed by atoms with Crippen LogP contribution in [0.3, 0.4) is 0 Å². The molecule has 0 aliphatic rings. The second kappa shape index (κ2) is 5.14. The highest BCUT2D eigenvalue weighted by Crippen LogP contribution is 1.56. The number of rotatable bonds is 2. The number of methoxy groups -OCH3 is 1. The van der Waals surface area contributed by atoms with Gasteiger partial charge in [0, 0.05) is 7.05 Å². The van der Waals surface area contributed by atoms with Crippen molar-refractivity contribution in [1.29, 1.82) is 0 Å². The van der Waals surface area contributed by atoms with E-state index in [2.05, 4.69) is 14.7 Å². The van der Waals surface area contributed by atoms with Gasteiger partial charge in [-0.15, -0.1) is 0 Å². The molecule has 0 unspecified atom stereocenters. The van der Waals surface area contributed by atoms with Crippen LogP contribution in [0.25, 0.3) is 0 Å². The van der Waals surface area contributed by atoms with Crippen LogP contribution in [0.5, 0.6) is 0 Å². The van der Waals surface area contributed by atoms with Crippen molar-refractivity contribution in [2.75, 3.05) is 14.2 Å². The normalized spacial score (nSPS) is 11.1. The van der Waals surface area contributed by atoms with Crippen LogP contribution >= 0.6 is 0 Å². The molecule has 0 aliphatic heterocycles. The average molecular weight is 100 g/mol. The van der Waals surface area contributed by atoms with Gasteiger partial charge in [-0.25, -0.2) is 4.99 Å². The molecular formula is C4H8N2O. The summed E-state index contributed by atoms with van der Waals surface area (Å²) >= 11 is 0. The maximum atomic E-state index is 4.46. The highest BCUT2D eigenvalue weighted by Gasteiger charge is 1.56. The van der Waals surface area contributed by atoms with Crippen molar-refractivity contribution in [3.63, 3.8) is 0 Å². The molecule has 0 fully saturated rings. The average Bonchev–Trinajstić information content (AvgIpc) is 1.69. The first kappa shape index (κ1) is 6.14. The number of nitrogens with zero attached hydrogens (tertiary/aromatic N) is 2. The van der Waals surface area contributed by atoms with Crippen LogP contribution in [0.1, 0.15) is 0 Å². The number of hydrogen-bond acceptors (Lipinski definition) is 2. The van der Waals surface area contributed by atoms with Gasteiger partial charge < -0.3 is 4.74 Å². The van der Waals surface area contributed by atoms with E-state index in [0.717, 1.165) is 0 Å². The predicted octanol–water partition coefficient (Wildman–Crippen LogP) is 0.319. The van der Waals surface area contributed by atoms with E-state index in [1.54, 1.807) is 7.05 Å². The van der Waals surface area contributed by atoms with E-state index in [1.807, 2.05) is 0 Å². The molecule has 0 radical (unpaired) electrons. The minimum atomic E-state index is 1.31. The van der Waals surface area contributed by atoms with Crippen LogP contribution in [0, 0.1) is 0 Å². The monoisotopic (exact) mass is 100 g/mol. The van der Waals surface area contributed by atoms with Crippen molar-refractivity contribution in [3.8, 4) is 0 Å². The van der Waals surface area contributed by atoms with Gasteiger partial charge in [0.15, 0.2) is 6.40 Å². The van der Waals surface area contributed by atoms with Gasteiger partial charge in [0.25, 0.3) is 0 Å². The van der Waals surface area contributed by atoms with Gasteiger partial charge in [0.2, 0.25) is 0 Å². The third kappa shape index (κ3) is 5.14. The van der Waals surface area contributed by atoms with E-state index in [-0.39, 0.29) is 0 Å². The zero-order chi connectivity index (χ0) is 5.54. The fourth-order valence-electron chi connectivity index (χ4n) is 0.155. The quantitative estimate of drug-likeness (QED) is 0.363. The fraction of sp³-hybridized carbons (Fsp3) is 0.500. The van der Waals surface area contributed by atoms with Crippen LogP contribution in [0.4, 0.5) is 0 Å². The molecule has 0 heterocycles. The summed E-state index contributed by atoms with van der Waals surface area (Å²) in [5.41, 5.74) is 0. The SMILES string of the molecule is C/N=C\N=C\OC. The number of hydrogen-bond donors (Lipinski definition) is 0. The second-order valence-corrected chi connectivity index (χ2v) is 0.864.